The van der Waals surface area contributed by atoms with Crippen LogP contribution in [0.4, 0.5) is 14.6 Å². The summed E-state index contributed by atoms with van der Waals surface area (Å²) < 4.78 is 29.0. The van der Waals surface area contributed by atoms with Crippen molar-refractivity contribution in [2.24, 2.45) is 0 Å². The van der Waals surface area contributed by atoms with E-state index in [1.807, 2.05) is 28.9 Å². The number of aromatic nitrogens is 2. The largest absolute Gasteiger partial charge is 0.370 e. The Morgan fingerprint density at radius 1 is 1.14 bits per heavy atom. The molecular weight excluding hydrogens is 272 g/mol. The molecular formula is C16H13F2N3. The van der Waals surface area contributed by atoms with Crippen LogP contribution >= 0.6 is 0 Å². The number of benzene rings is 2. The van der Waals surface area contributed by atoms with Crippen LogP contribution in [0.1, 0.15) is 18.0 Å². The second-order valence-corrected chi connectivity index (χ2v) is 5.21. The number of nitrogens with zero attached hydrogens (tertiary/aromatic N) is 2. The first-order valence-corrected chi connectivity index (χ1v) is 6.90. The number of rotatable bonds is 1. The van der Waals surface area contributed by atoms with Gasteiger partial charge in [0.05, 0.1) is 11.6 Å². The van der Waals surface area contributed by atoms with Crippen LogP contribution in [0.5, 0.6) is 0 Å². The minimum absolute atomic E-state index is 0.214. The number of halogens is 2. The molecule has 2 heterocycles. The fourth-order valence-electron chi connectivity index (χ4n) is 2.96. The summed E-state index contributed by atoms with van der Waals surface area (Å²) in [6.07, 6.45) is 0.712. The van der Waals surface area contributed by atoms with Gasteiger partial charge in [-0.25, -0.2) is 13.5 Å². The lowest BCUT2D eigenvalue weighted by Crippen LogP contribution is -2.25. The highest BCUT2D eigenvalue weighted by Gasteiger charge is 2.26. The van der Waals surface area contributed by atoms with Gasteiger partial charge in [0.2, 0.25) is 0 Å². The molecule has 0 spiro atoms. The predicted molar refractivity (Wildman–Crippen MR) is 77.3 cm³/mol. The maximum Gasteiger partial charge on any atom is 0.132 e. The zero-order valence-corrected chi connectivity index (χ0v) is 11.2. The molecule has 1 atom stereocenters. The number of anilines is 1. The van der Waals surface area contributed by atoms with E-state index in [2.05, 4.69) is 10.4 Å². The van der Waals surface area contributed by atoms with Crippen LogP contribution < -0.4 is 5.32 Å². The summed E-state index contributed by atoms with van der Waals surface area (Å²) >= 11 is 0. The van der Waals surface area contributed by atoms with Gasteiger partial charge in [-0.15, -0.1) is 0 Å². The summed E-state index contributed by atoms with van der Waals surface area (Å²) in [6.45, 7) is 0.733. The molecule has 1 aliphatic rings. The smallest absolute Gasteiger partial charge is 0.132 e. The van der Waals surface area contributed by atoms with Crippen molar-refractivity contribution in [2.75, 3.05) is 11.9 Å². The third-order valence-electron chi connectivity index (χ3n) is 3.93. The monoisotopic (exact) mass is 285 g/mol. The van der Waals surface area contributed by atoms with E-state index >= 15 is 0 Å². The molecule has 0 fully saturated rings. The molecule has 0 aliphatic carbocycles. The first-order valence-electron chi connectivity index (χ1n) is 6.90. The molecule has 106 valence electrons. The molecule has 1 aromatic heterocycles. The Morgan fingerprint density at radius 2 is 2.00 bits per heavy atom. The fraction of sp³-hybridized carbons (Fsp3) is 0.188. The molecule has 4 rings (SSSR count). The Labute approximate surface area is 120 Å². The van der Waals surface area contributed by atoms with Crippen molar-refractivity contribution in [2.45, 2.75) is 12.5 Å². The first-order chi connectivity index (χ1) is 10.2. The highest BCUT2D eigenvalue weighted by Crippen LogP contribution is 2.35. The molecule has 3 aromatic rings. The molecule has 0 saturated heterocycles. The van der Waals surface area contributed by atoms with Gasteiger partial charge in [-0.2, -0.15) is 5.10 Å². The van der Waals surface area contributed by atoms with E-state index in [1.165, 1.54) is 12.1 Å². The molecule has 5 heteroatoms. The number of hydrogen-bond donors (Lipinski definition) is 1. The van der Waals surface area contributed by atoms with Crippen LogP contribution in [0.3, 0.4) is 0 Å². The summed E-state index contributed by atoms with van der Waals surface area (Å²) in [5, 5.41) is 8.91. The highest BCUT2D eigenvalue weighted by molar-refractivity contribution is 5.90. The maximum atomic E-state index is 14.1. The van der Waals surface area contributed by atoms with Gasteiger partial charge in [-0.3, -0.25) is 0 Å². The molecule has 21 heavy (non-hydrogen) atoms. The molecule has 0 bridgehead atoms. The van der Waals surface area contributed by atoms with E-state index in [1.54, 1.807) is 0 Å². The average Bonchev–Trinajstić information content (AvgIpc) is 2.86. The van der Waals surface area contributed by atoms with Gasteiger partial charge in [-0.05, 0) is 24.6 Å². The number of hydrogen-bond acceptors (Lipinski definition) is 2. The van der Waals surface area contributed by atoms with Crippen molar-refractivity contribution < 1.29 is 8.78 Å². The van der Waals surface area contributed by atoms with Gasteiger partial charge < -0.3 is 5.32 Å². The summed E-state index contributed by atoms with van der Waals surface area (Å²) in [4.78, 5) is 0. The van der Waals surface area contributed by atoms with Crippen molar-refractivity contribution in [3.63, 3.8) is 0 Å². The molecule has 0 radical (unpaired) electrons. The first kappa shape index (κ1) is 12.3. The zero-order chi connectivity index (χ0) is 14.4. The topological polar surface area (TPSA) is 29.9 Å². The molecule has 1 unspecified atom stereocenters. The van der Waals surface area contributed by atoms with Crippen molar-refractivity contribution in [1.29, 1.82) is 0 Å². The maximum absolute atomic E-state index is 14.1. The standard InChI is InChI=1S/C16H13F2N3/c17-10-5-6-11(13(18)9-10)15-7-8-19-16-12-3-1-2-4-14(12)20-21(15)16/h1-6,9,15,19H,7-8H2. The minimum atomic E-state index is -0.559. The molecule has 1 aliphatic heterocycles. The molecule has 0 saturated carbocycles. The van der Waals surface area contributed by atoms with Crippen LogP contribution in [0.2, 0.25) is 0 Å². The average molecular weight is 285 g/mol. The van der Waals surface area contributed by atoms with Crippen LogP contribution in [0, 0.1) is 11.6 Å². The van der Waals surface area contributed by atoms with Crippen molar-refractivity contribution in [3.05, 3.63) is 59.7 Å². The van der Waals surface area contributed by atoms with E-state index in [9.17, 15) is 8.78 Å². The second-order valence-electron chi connectivity index (χ2n) is 5.21. The molecule has 0 amide bonds. The number of fused-ring (bicyclic) bond motifs is 3. The lowest BCUT2D eigenvalue weighted by atomic mass is 10.0. The van der Waals surface area contributed by atoms with E-state index in [0.29, 0.717) is 12.0 Å². The van der Waals surface area contributed by atoms with Crippen LogP contribution in [-0.2, 0) is 0 Å². The SMILES string of the molecule is Fc1ccc(C2CCNc3c4ccccc4nn32)c(F)c1. The van der Waals surface area contributed by atoms with Crippen LogP contribution in [-0.4, -0.2) is 16.3 Å². The van der Waals surface area contributed by atoms with Crippen molar-refractivity contribution in [1.82, 2.24) is 9.78 Å². The Balaban J connectivity index is 1.90. The zero-order valence-electron chi connectivity index (χ0n) is 11.2. The van der Waals surface area contributed by atoms with Crippen LogP contribution in [0.15, 0.2) is 42.5 Å². The van der Waals surface area contributed by atoms with Gasteiger partial charge >= 0.3 is 0 Å². The normalized spacial score (nSPS) is 17.5. The summed E-state index contributed by atoms with van der Waals surface area (Å²) in [5.41, 5.74) is 1.35. The minimum Gasteiger partial charge on any atom is -0.370 e. The third kappa shape index (κ3) is 1.88. The quantitative estimate of drug-likeness (QED) is 0.738. The highest BCUT2D eigenvalue weighted by atomic mass is 19.1. The van der Waals surface area contributed by atoms with E-state index < -0.39 is 11.6 Å². The Kier molecular flexibility index (Phi) is 2.67. The summed E-state index contributed by atoms with van der Waals surface area (Å²) in [7, 11) is 0. The van der Waals surface area contributed by atoms with Gasteiger partial charge in [0.1, 0.15) is 17.5 Å². The molecule has 3 nitrogen and oxygen atoms in total. The van der Waals surface area contributed by atoms with Crippen molar-refractivity contribution >= 4 is 16.7 Å². The van der Waals surface area contributed by atoms with Crippen molar-refractivity contribution in [3.8, 4) is 0 Å². The Morgan fingerprint density at radius 3 is 2.86 bits per heavy atom. The van der Waals surface area contributed by atoms with E-state index in [-0.39, 0.29) is 6.04 Å². The fourth-order valence-corrected chi connectivity index (χ4v) is 2.96. The van der Waals surface area contributed by atoms with E-state index in [0.717, 1.165) is 29.3 Å². The molecule has 2 aromatic carbocycles. The van der Waals surface area contributed by atoms with E-state index in [4.69, 9.17) is 0 Å². The Bertz CT molecular complexity index is 826. The second kappa shape index (κ2) is 4.55. The summed E-state index contributed by atoms with van der Waals surface area (Å²) in [5.74, 6) is -0.186. The lowest BCUT2D eigenvalue weighted by Gasteiger charge is -2.26. The van der Waals surface area contributed by atoms with Gasteiger partial charge in [0, 0.05) is 23.6 Å². The molecule has 1 N–H and O–H groups in total. The third-order valence-corrected chi connectivity index (χ3v) is 3.93. The van der Waals surface area contributed by atoms with Crippen LogP contribution in [0.25, 0.3) is 10.9 Å². The Hall–Kier alpha value is -2.43. The lowest BCUT2D eigenvalue weighted by molar-refractivity contribution is 0.458. The summed E-state index contributed by atoms with van der Waals surface area (Å²) in [6, 6.07) is 11.3. The van der Waals surface area contributed by atoms with Gasteiger partial charge in [-0.1, -0.05) is 18.2 Å². The number of nitrogens with one attached hydrogen (secondary N) is 1. The van der Waals surface area contributed by atoms with Gasteiger partial charge in [0.15, 0.2) is 0 Å². The van der Waals surface area contributed by atoms with Gasteiger partial charge in [0.25, 0.3) is 0 Å². The predicted octanol–water partition coefficient (Wildman–Crippen LogP) is 3.72.